The number of carbonyl (C=O) groups is 1. The smallest absolute Gasteiger partial charge is 0.266 e. The lowest BCUT2D eigenvalue weighted by Crippen LogP contribution is -2.42. The molecule has 1 amide bonds. The van der Waals surface area contributed by atoms with Gasteiger partial charge in [0.05, 0.1) is 4.47 Å². The van der Waals surface area contributed by atoms with Crippen LogP contribution in [0.2, 0.25) is 0 Å². The number of para-hydroxylation sites is 1. The van der Waals surface area contributed by atoms with Crippen LogP contribution in [0.1, 0.15) is 11.1 Å². The maximum Gasteiger partial charge on any atom is 0.266 e. The van der Waals surface area contributed by atoms with Gasteiger partial charge in [-0.1, -0.05) is 18.2 Å². The third-order valence-corrected chi connectivity index (χ3v) is 4.76. The van der Waals surface area contributed by atoms with Crippen molar-refractivity contribution in [1.29, 1.82) is 0 Å². The number of hydrogen-bond acceptors (Lipinski definition) is 4. The summed E-state index contributed by atoms with van der Waals surface area (Å²) in [7, 11) is 1.56. The van der Waals surface area contributed by atoms with Crippen LogP contribution in [0.5, 0.6) is 11.5 Å². The third-order valence-electron chi connectivity index (χ3n) is 4.15. The zero-order valence-electron chi connectivity index (χ0n) is 12.0. The summed E-state index contributed by atoms with van der Waals surface area (Å²) in [6.45, 7) is 0. The van der Waals surface area contributed by atoms with Crippen molar-refractivity contribution < 1.29 is 13.9 Å². The van der Waals surface area contributed by atoms with Crippen molar-refractivity contribution in [3.05, 3.63) is 57.8 Å². The molecule has 1 unspecified atom stereocenters. The van der Waals surface area contributed by atoms with Gasteiger partial charge in [0.25, 0.3) is 5.91 Å². The van der Waals surface area contributed by atoms with Gasteiger partial charge in [-0.3, -0.25) is 9.69 Å². The quantitative estimate of drug-likeness (QED) is 0.769. The average molecular weight is 376 g/mol. The van der Waals surface area contributed by atoms with Crippen LogP contribution in [0.4, 0.5) is 4.39 Å². The molecule has 0 bridgehead atoms. The molecule has 2 N–H and O–H groups in total. The Labute approximate surface area is 139 Å². The first kappa shape index (κ1) is 14.2. The number of halogens is 2. The van der Waals surface area contributed by atoms with E-state index < -0.39 is 11.4 Å². The van der Waals surface area contributed by atoms with Gasteiger partial charge < -0.3 is 10.5 Å². The molecule has 4 rings (SSSR count). The number of nitrogens with two attached hydrogens (primary N) is 1. The summed E-state index contributed by atoms with van der Waals surface area (Å²) in [6.07, 6.45) is 0. The van der Waals surface area contributed by atoms with E-state index in [-0.39, 0.29) is 22.1 Å². The highest BCUT2D eigenvalue weighted by molar-refractivity contribution is 9.10. The van der Waals surface area contributed by atoms with E-state index in [4.69, 9.17) is 10.5 Å². The number of ether oxygens (including phenoxy) is 1. The lowest BCUT2D eigenvalue weighted by Gasteiger charge is -2.33. The van der Waals surface area contributed by atoms with E-state index in [0.29, 0.717) is 16.9 Å². The second kappa shape index (κ2) is 4.55. The minimum atomic E-state index is -1.35. The Balaban J connectivity index is 2.11. The fourth-order valence-corrected chi connectivity index (χ4v) is 3.35. The molecule has 0 radical (unpaired) electrons. The Kier molecular flexibility index (Phi) is 2.81. The van der Waals surface area contributed by atoms with E-state index in [0.717, 1.165) is 0 Å². The first-order valence-electron chi connectivity index (χ1n) is 6.85. The summed E-state index contributed by atoms with van der Waals surface area (Å²) in [5, 5.41) is 0. The number of benzene rings is 2. The Bertz CT molecular complexity index is 899. The zero-order chi connectivity index (χ0) is 16.4. The molecule has 2 aliphatic rings. The molecule has 116 valence electrons. The maximum absolute atomic E-state index is 13.9. The summed E-state index contributed by atoms with van der Waals surface area (Å²) >= 11 is 3.16. The second-order valence-corrected chi connectivity index (χ2v) is 6.26. The summed E-state index contributed by atoms with van der Waals surface area (Å²) in [5.41, 5.74) is 5.58. The van der Waals surface area contributed by atoms with Crippen molar-refractivity contribution in [2.45, 2.75) is 5.54 Å². The molecule has 2 heterocycles. The van der Waals surface area contributed by atoms with Gasteiger partial charge >= 0.3 is 0 Å². The van der Waals surface area contributed by atoms with E-state index in [1.54, 1.807) is 31.3 Å². The summed E-state index contributed by atoms with van der Waals surface area (Å²) in [6, 6.07) is 9.83. The lowest BCUT2D eigenvalue weighted by atomic mass is 9.80. The molecule has 1 spiro atoms. The highest BCUT2D eigenvalue weighted by Gasteiger charge is 2.54. The largest absolute Gasteiger partial charge is 0.456 e. The fourth-order valence-electron chi connectivity index (χ4n) is 3.01. The molecule has 2 aromatic carbocycles. The number of fused-ring (bicyclic) bond motifs is 4. The van der Waals surface area contributed by atoms with Crippen molar-refractivity contribution in [1.82, 2.24) is 4.90 Å². The zero-order valence-corrected chi connectivity index (χ0v) is 13.6. The predicted molar refractivity (Wildman–Crippen MR) is 85.8 cm³/mol. The summed E-state index contributed by atoms with van der Waals surface area (Å²) in [4.78, 5) is 18.7. The van der Waals surface area contributed by atoms with Crippen LogP contribution in [0.25, 0.3) is 0 Å². The molecule has 0 aliphatic carbocycles. The van der Waals surface area contributed by atoms with E-state index in [1.807, 2.05) is 0 Å². The molecular weight excluding hydrogens is 365 g/mol. The van der Waals surface area contributed by atoms with Crippen molar-refractivity contribution in [2.75, 3.05) is 7.05 Å². The lowest BCUT2D eigenvalue weighted by molar-refractivity contribution is -0.129. The van der Waals surface area contributed by atoms with Gasteiger partial charge in [0.2, 0.25) is 5.54 Å². The Hall–Kier alpha value is -2.41. The summed E-state index contributed by atoms with van der Waals surface area (Å²) in [5.74, 6) is 0.0455. The van der Waals surface area contributed by atoms with Gasteiger partial charge in [-0.05, 0) is 28.1 Å². The molecule has 2 aromatic rings. The number of rotatable bonds is 0. The van der Waals surface area contributed by atoms with Crippen LogP contribution >= 0.6 is 15.9 Å². The van der Waals surface area contributed by atoms with Crippen molar-refractivity contribution in [2.24, 2.45) is 10.7 Å². The normalized spacial score (nSPS) is 21.8. The van der Waals surface area contributed by atoms with Gasteiger partial charge in [0.1, 0.15) is 17.3 Å². The Morgan fingerprint density at radius 3 is 2.70 bits per heavy atom. The molecule has 23 heavy (non-hydrogen) atoms. The molecule has 5 nitrogen and oxygen atoms in total. The van der Waals surface area contributed by atoms with Gasteiger partial charge in [-0.25, -0.2) is 9.38 Å². The van der Waals surface area contributed by atoms with E-state index >= 15 is 0 Å². The van der Waals surface area contributed by atoms with Crippen LogP contribution in [-0.2, 0) is 10.3 Å². The van der Waals surface area contributed by atoms with Crippen LogP contribution in [0, 0.1) is 5.82 Å². The van der Waals surface area contributed by atoms with Gasteiger partial charge in [0.15, 0.2) is 5.96 Å². The van der Waals surface area contributed by atoms with Crippen molar-refractivity contribution in [3.8, 4) is 11.5 Å². The third kappa shape index (κ3) is 1.71. The highest BCUT2D eigenvalue weighted by Crippen LogP contribution is 2.52. The SMILES string of the molecule is CN1C(=O)C2(N=C1N)c1ccccc1Oc1cc(F)c(Br)cc12. The number of aliphatic imine (C=N–C) groups is 1. The van der Waals surface area contributed by atoms with Crippen LogP contribution in [-0.4, -0.2) is 23.8 Å². The average Bonchev–Trinajstić information content (AvgIpc) is 2.75. The molecule has 0 aromatic heterocycles. The number of nitrogens with zero attached hydrogens (tertiary/aromatic N) is 2. The van der Waals surface area contributed by atoms with Gasteiger partial charge in [-0.2, -0.15) is 0 Å². The number of likely N-dealkylation sites (N-methyl/N-ethyl adjacent to an activating group) is 1. The van der Waals surface area contributed by atoms with E-state index in [9.17, 15) is 9.18 Å². The Morgan fingerprint density at radius 1 is 1.26 bits per heavy atom. The van der Waals surface area contributed by atoms with Crippen LogP contribution in [0.15, 0.2) is 45.9 Å². The minimum absolute atomic E-state index is 0.109. The molecule has 0 fully saturated rings. The second-order valence-electron chi connectivity index (χ2n) is 5.41. The van der Waals surface area contributed by atoms with Gasteiger partial charge in [-0.15, -0.1) is 0 Å². The number of amides is 1. The van der Waals surface area contributed by atoms with Gasteiger partial charge in [0, 0.05) is 24.2 Å². The molecule has 0 saturated heterocycles. The number of guanidine groups is 1. The molecule has 0 saturated carbocycles. The molecule has 1 atom stereocenters. The summed E-state index contributed by atoms with van der Waals surface area (Å²) < 4.78 is 19.9. The van der Waals surface area contributed by atoms with E-state index in [1.165, 1.54) is 17.0 Å². The maximum atomic E-state index is 13.9. The highest BCUT2D eigenvalue weighted by atomic mass is 79.9. The fraction of sp³-hybridized carbons (Fsp3) is 0.125. The van der Waals surface area contributed by atoms with Crippen LogP contribution < -0.4 is 10.5 Å². The molecular formula is C16H11BrFN3O2. The Morgan fingerprint density at radius 2 is 2.00 bits per heavy atom. The van der Waals surface area contributed by atoms with E-state index in [2.05, 4.69) is 20.9 Å². The first-order valence-corrected chi connectivity index (χ1v) is 7.65. The standard InChI is InChI=1S/C16H11BrFN3O2/c1-21-14(22)16(20-15(21)19)8-4-2-3-5-12(8)23-13-7-11(18)10(17)6-9(13)16/h2-7H,1H3,(H2,19,20). The topological polar surface area (TPSA) is 67.9 Å². The number of carbonyl (C=O) groups excluding carboxylic acids is 1. The van der Waals surface area contributed by atoms with Crippen LogP contribution in [0.3, 0.4) is 0 Å². The molecule has 7 heteroatoms. The monoisotopic (exact) mass is 375 g/mol. The number of hydrogen-bond donors (Lipinski definition) is 1. The predicted octanol–water partition coefficient (Wildman–Crippen LogP) is 2.72. The first-order chi connectivity index (χ1) is 10.9. The van der Waals surface area contributed by atoms with Crippen molar-refractivity contribution in [3.63, 3.8) is 0 Å². The molecule has 2 aliphatic heterocycles. The van der Waals surface area contributed by atoms with Crippen molar-refractivity contribution >= 4 is 27.8 Å². The minimum Gasteiger partial charge on any atom is -0.456 e.